The number of likely N-dealkylation sites (N-methyl/N-ethyl adjacent to an activating group) is 1. The molecule has 0 saturated heterocycles. The van der Waals surface area contributed by atoms with E-state index in [1.807, 2.05) is 43.3 Å². The number of hydrogen-bond donors (Lipinski definition) is 3. The van der Waals surface area contributed by atoms with Crippen molar-refractivity contribution in [1.29, 1.82) is 0 Å². The first-order valence-corrected chi connectivity index (χ1v) is 10.8. The molecule has 0 bridgehead atoms. The molecule has 3 N–H and O–H groups in total. The molecule has 0 aliphatic heterocycles. The van der Waals surface area contributed by atoms with Gasteiger partial charge in [-0.2, -0.15) is 0 Å². The summed E-state index contributed by atoms with van der Waals surface area (Å²) in [4.78, 5) is 26.7. The van der Waals surface area contributed by atoms with Gasteiger partial charge in [0.2, 0.25) is 0 Å². The van der Waals surface area contributed by atoms with Crippen LogP contribution in [-0.4, -0.2) is 44.0 Å². The maximum atomic E-state index is 12.4. The first-order valence-electron chi connectivity index (χ1n) is 10.8. The molecule has 3 amide bonds. The third kappa shape index (κ3) is 5.15. The second kappa shape index (κ2) is 9.66. The van der Waals surface area contributed by atoms with Gasteiger partial charge in [0.05, 0.1) is 0 Å². The van der Waals surface area contributed by atoms with Crippen molar-refractivity contribution in [2.45, 2.75) is 13.0 Å². The fraction of sp³-hybridized carbons (Fsp3) is 0.231. The molecule has 3 aromatic rings. The summed E-state index contributed by atoms with van der Waals surface area (Å²) in [6, 6.07) is 21.4. The normalized spacial score (nSPS) is 11.6. The van der Waals surface area contributed by atoms with E-state index < -0.39 is 0 Å². The monoisotopic (exact) mass is 428 g/mol. The number of nitrogens with one attached hydrogen (secondary N) is 3. The molecule has 6 heteroatoms. The maximum absolute atomic E-state index is 12.4. The number of fused-ring (bicyclic) bond motifs is 3. The molecule has 1 aliphatic carbocycles. The van der Waals surface area contributed by atoms with Gasteiger partial charge < -0.3 is 20.9 Å². The van der Waals surface area contributed by atoms with Crippen LogP contribution < -0.4 is 16.0 Å². The molecule has 6 nitrogen and oxygen atoms in total. The van der Waals surface area contributed by atoms with Crippen molar-refractivity contribution >= 4 is 17.6 Å². The summed E-state index contributed by atoms with van der Waals surface area (Å²) in [6.45, 7) is 1.70. The number of urea groups is 1. The zero-order valence-electron chi connectivity index (χ0n) is 18.4. The van der Waals surface area contributed by atoms with E-state index in [9.17, 15) is 9.59 Å². The highest BCUT2D eigenvalue weighted by atomic mass is 16.2. The molecule has 3 aromatic carbocycles. The van der Waals surface area contributed by atoms with Gasteiger partial charge in [-0.15, -0.1) is 0 Å². The largest absolute Gasteiger partial charge is 0.351 e. The van der Waals surface area contributed by atoms with Crippen LogP contribution >= 0.6 is 0 Å². The number of carbonyl (C=O) groups is 2. The van der Waals surface area contributed by atoms with Gasteiger partial charge in [-0.3, -0.25) is 4.79 Å². The fourth-order valence-corrected chi connectivity index (χ4v) is 3.90. The van der Waals surface area contributed by atoms with Crippen molar-refractivity contribution in [3.05, 3.63) is 89.0 Å². The zero-order valence-corrected chi connectivity index (χ0v) is 18.4. The number of carbonyl (C=O) groups excluding carboxylic acids is 2. The van der Waals surface area contributed by atoms with E-state index in [1.54, 1.807) is 12.1 Å². The Kier molecular flexibility index (Phi) is 6.52. The molecule has 0 atom stereocenters. The first kappa shape index (κ1) is 21.6. The SMILES string of the molecule is CN(C)CCNC(=O)c1cccc(CNC(=O)Nc2ccc3c(c2)Cc2ccccc2-3)c1. The minimum atomic E-state index is -0.277. The Labute approximate surface area is 188 Å². The van der Waals surface area contributed by atoms with Crippen LogP contribution in [-0.2, 0) is 13.0 Å². The molecule has 1 aliphatic rings. The van der Waals surface area contributed by atoms with Crippen molar-refractivity contribution in [2.24, 2.45) is 0 Å². The molecule has 0 aromatic heterocycles. The van der Waals surface area contributed by atoms with Crippen LogP contribution in [0, 0.1) is 0 Å². The molecule has 4 rings (SSSR count). The van der Waals surface area contributed by atoms with Gasteiger partial charge >= 0.3 is 6.03 Å². The lowest BCUT2D eigenvalue weighted by atomic mass is 10.1. The van der Waals surface area contributed by atoms with Gasteiger partial charge in [0.1, 0.15) is 0 Å². The number of anilines is 1. The van der Waals surface area contributed by atoms with Crippen LogP contribution in [0.3, 0.4) is 0 Å². The van der Waals surface area contributed by atoms with Crippen LogP contribution in [0.1, 0.15) is 27.0 Å². The van der Waals surface area contributed by atoms with Crippen LogP contribution in [0.25, 0.3) is 11.1 Å². The van der Waals surface area contributed by atoms with E-state index >= 15 is 0 Å². The standard InChI is InChI=1S/C26H28N4O2/c1-30(2)13-12-27-25(31)20-8-5-6-18(14-20)17-28-26(32)29-22-10-11-24-21(16-22)15-19-7-3-4-9-23(19)24/h3-11,14,16H,12-13,15,17H2,1-2H3,(H,27,31)(H2,28,29,32). The van der Waals surface area contributed by atoms with Gasteiger partial charge in [0, 0.05) is 30.9 Å². The summed E-state index contributed by atoms with van der Waals surface area (Å²) in [5.41, 5.74) is 7.25. The molecular weight excluding hydrogens is 400 g/mol. The molecule has 0 radical (unpaired) electrons. The zero-order chi connectivity index (χ0) is 22.5. The van der Waals surface area contributed by atoms with Gasteiger partial charge in [-0.1, -0.05) is 42.5 Å². The van der Waals surface area contributed by atoms with Gasteiger partial charge in [-0.05, 0) is 72.6 Å². The molecule has 32 heavy (non-hydrogen) atoms. The molecule has 0 unspecified atom stereocenters. The van der Waals surface area contributed by atoms with E-state index in [0.717, 1.165) is 24.2 Å². The smallest absolute Gasteiger partial charge is 0.319 e. The van der Waals surface area contributed by atoms with Crippen LogP contribution in [0.15, 0.2) is 66.7 Å². The maximum Gasteiger partial charge on any atom is 0.319 e. The van der Waals surface area contributed by atoms with Crippen molar-refractivity contribution in [1.82, 2.24) is 15.5 Å². The Hall–Kier alpha value is -3.64. The lowest BCUT2D eigenvalue weighted by Gasteiger charge is -2.12. The van der Waals surface area contributed by atoms with Crippen molar-refractivity contribution in [3.63, 3.8) is 0 Å². The third-order valence-electron chi connectivity index (χ3n) is 5.54. The van der Waals surface area contributed by atoms with Crippen molar-refractivity contribution in [2.75, 3.05) is 32.5 Å². The Bertz CT molecular complexity index is 1140. The summed E-state index contributed by atoms with van der Waals surface area (Å²) in [7, 11) is 3.93. The lowest BCUT2D eigenvalue weighted by molar-refractivity contribution is 0.0951. The summed E-state index contributed by atoms with van der Waals surface area (Å²) in [6.07, 6.45) is 0.881. The Morgan fingerprint density at radius 3 is 2.53 bits per heavy atom. The minimum Gasteiger partial charge on any atom is -0.351 e. The predicted octanol–water partition coefficient (Wildman–Crippen LogP) is 3.87. The number of amides is 3. The van der Waals surface area contributed by atoms with E-state index in [1.165, 1.54) is 22.3 Å². The number of benzene rings is 3. The average Bonchev–Trinajstić information content (AvgIpc) is 3.15. The van der Waals surface area contributed by atoms with E-state index in [0.29, 0.717) is 18.7 Å². The quantitative estimate of drug-likeness (QED) is 0.418. The fourth-order valence-electron chi connectivity index (χ4n) is 3.90. The summed E-state index contributed by atoms with van der Waals surface area (Å²) in [5.74, 6) is -0.114. The Morgan fingerprint density at radius 1 is 0.875 bits per heavy atom. The van der Waals surface area contributed by atoms with Crippen LogP contribution in [0.5, 0.6) is 0 Å². The van der Waals surface area contributed by atoms with Crippen LogP contribution in [0.2, 0.25) is 0 Å². The molecule has 0 spiro atoms. The lowest BCUT2D eigenvalue weighted by Crippen LogP contribution is -2.31. The highest BCUT2D eigenvalue weighted by Crippen LogP contribution is 2.37. The average molecular weight is 429 g/mol. The second-order valence-corrected chi connectivity index (χ2v) is 8.27. The number of hydrogen-bond acceptors (Lipinski definition) is 3. The van der Waals surface area contributed by atoms with E-state index in [2.05, 4.69) is 46.3 Å². The molecule has 0 fully saturated rings. The molecule has 164 valence electrons. The summed E-state index contributed by atoms with van der Waals surface area (Å²) < 4.78 is 0. The third-order valence-corrected chi connectivity index (χ3v) is 5.54. The first-order chi connectivity index (χ1) is 15.5. The van der Waals surface area contributed by atoms with E-state index in [4.69, 9.17) is 0 Å². The highest BCUT2D eigenvalue weighted by molar-refractivity contribution is 5.94. The van der Waals surface area contributed by atoms with Crippen molar-refractivity contribution in [3.8, 4) is 11.1 Å². The highest BCUT2D eigenvalue weighted by Gasteiger charge is 2.18. The predicted molar refractivity (Wildman–Crippen MR) is 128 cm³/mol. The molecule has 0 heterocycles. The minimum absolute atomic E-state index is 0.114. The van der Waals surface area contributed by atoms with Crippen molar-refractivity contribution < 1.29 is 9.59 Å². The van der Waals surface area contributed by atoms with Crippen LogP contribution in [0.4, 0.5) is 10.5 Å². The molecule has 0 saturated carbocycles. The molecular formula is C26H28N4O2. The van der Waals surface area contributed by atoms with Gasteiger partial charge in [0.15, 0.2) is 0 Å². The number of rotatable bonds is 7. The number of nitrogens with zero attached hydrogens (tertiary/aromatic N) is 1. The van der Waals surface area contributed by atoms with E-state index in [-0.39, 0.29) is 11.9 Å². The Morgan fingerprint density at radius 2 is 1.69 bits per heavy atom. The topological polar surface area (TPSA) is 73.5 Å². The Balaban J connectivity index is 1.31. The summed E-state index contributed by atoms with van der Waals surface area (Å²) in [5, 5.41) is 8.68. The van der Waals surface area contributed by atoms with Gasteiger partial charge in [0.25, 0.3) is 5.91 Å². The second-order valence-electron chi connectivity index (χ2n) is 8.27. The van der Waals surface area contributed by atoms with Gasteiger partial charge in [-0.25, -0.2) is 4.79 Å². The summed E-state index contributed by atoms with van der Waals surface area (Å²) >= 11 is 0.